The summed E-state index contributed by atoms with van der Waals surface area (Å²) in [4.78, 5) is 30.2. The summed E-state index contributed by atoms with van der Waals surface area (Å²) in [6, 6.07) is 7.50. The molecule has 142 valence electrons. The molecule has 0 aromatic heterocycles. The van der Waals surface area contributed by atoms with Gasteiger partial charge in [0, 0.05) is 38.8 Å². The predicted octanol–water partition coefficient (Wildman–Crippen LogP) is 1.25. The van der Waals surface area contributed by atoms with Gasteiger partial charge in [-0.3, -0.25) is 14.6 Å². The average molecular weight is 360 g/mol. The lowest BCUT2D eigenvalue weighted by molar-refractivity contribution is -0.145. The Morgan fingerprint density at radius 1 is 1.31 bits per heavy atom. The molecule has 1 aliphatic rings. The fourth-order valence-electron chi connectivity index (χ4n) is 3.20. The average Bonchev–Trinajstić information content (AvgIpc) is 3.03. The lowest BCUT2D eigenvalue weighted by atomic mass is 9.99. The van der Waals surface area contributed by atoms with Gasteiger partial charge in [-0.15, -0.1) is 0 Å². The van der Waals surface area contributed by atoms with Crippen LogP contribution in [0.5, 0.6) is 0 Å². The number of likely N-dealkylation sites (tertiary alicyclic amines) is 1. The molecule has 1 aromatic carbocycles. The lowest BCUT2D eigenvalue weighted by Gasteiger charge is -2.21. The third-order valence-corrected chi connectivity index (χ3v) is 4.60. The zero-order valence-electron chi connectivity index (χ0n) is 15.9. The van der Waals surface area contributed by atoms with Crippen molar-refractivity contribution >= 4 is 17.8 Å². The molecule has 0 saturated carbocycles. The summed E-state index contributed by atoms with van der Waals surface area (Å²) in [7, 11) is 3.15. The summed E-state index contributed by atoms with van der Waals surface area (Å²) in [6.07, 6.45) is 0. The Labute approximate surface area is 154 Å². The Morgan fingerprint density at radius 3 is 2.73 bits per heavy atom. The molecular weight excluding hydrogens is 332 g/mol. The number of hydrogen-bond acceptors (Lipinski definition) is 4. The number of aliphatic imine (C=N–C) groups is 1. The van der Waals surface area contributed by atoms with E-state index in [0.717, 1.165) is 18.1 Å². The van der Waals surface area contributed by atoms with Gasteiger partial charge in [0.25, 0.3) is 5.91 Å². The second-order valence-electron chi connectivity index (χ2n) is 6.47. The summed E-state index contributed by atoms with van der Waals surface area (Å²) in [5, 5.41) is 6.12. The number of hydrogen-bond donors (Lipinski definition) is 2. The summed E-state index contributed by atoms with van der Waals surface area (Å²) in [5.41, 5.74) is 1.63. The van der Waals surface area contributed by atoms with Crippen LogP contribution in [0, 0.1) is 11.8 Å². The normalized spacial score (nSPS) is 20.0. The molecule has 7 nitrogen and oxygen atoms in total. The van der Waals surface area contributed by atoms with Gasteiger partial charge in [-0.05, 0) is 30.5 Å². The molecule has 0 radical (unpaired) electrons. The molecule has 1 saturated heterocycles. The van der Waals surface area contributed by atoms with E-state index in [1.54, 1.807) is 13.1 Å². The van der Waals surface area contributed by atoms with Crippen molar-refractivity contribution in [3.63, 3.8) is 0 Å². The van der Waals surface area contributed by atoms with Crippen molar-refractivity contribution in [1.82, 2.24) is 15.5 Å². The van der Waals surface area contributed by atoms with Gasteiger partial charge in [0.2, 0.25) is 0 Å². The van der Waals surface area contributed by atoms with Crippen LogP contribution in [0.25, 0.3) is 0 Å². The van der Waals surface area contributed by atoms with Gasteiger partial charge in [0.05, 0.1) is 13.0 Å². The maximum Gasteiger partial charge on any atom is 0.310 e. The van der Waals surface area contributed by atoms with Crippen LogP contribution in [0.1, 0.15) is 29.8 Å². The number of esters is 1. The third kappa shape index (κ3) is 4.74. The minimum Gasteiger partial charge on any atom is -0.469 e. The topological polar surface area (TPSA) is 83.0 Å². The Bertz CT molecular complexity index is 675. The van der Waals surface area contributed by atoms with E-state index >= 15 is 0 Å². The van der Waals surface area contributed by atoms with E-state index < -0.39 is 0 Å². The number of carbonyl (C=O) groups excluding carboxylic acids is 2. The van der Waals surface area contributed by atoms with Gasteiger partial charge in [-0.1, -0.05) is 19.1 Å². The minimum absolute atomic E-state index is 0.0759. The first-order chi connectivity index (χ1) is 12.5. The Kier molecular flexibility index (Phi) is 7.00. The lowest BCUT2D eigenvalue weighted by Crippen LogP contribution is -2.40. The smallest absolute Gasteiger partial charge is 0.310 e. The number of rotatable bonds is 5. The highest BCUT2D eigenvalue weighted by atomic mass is 16.5. The molecule has 2 unspecified atom stereocenters. The summed E-state index contributed by atoms with van der Waals surface area (Å²) in [6.45, 7) is 6.43. The molecule has 1 heterocycles. The highest BCUT2D eigenvalue weighted by Gasteiger charge is 2.36. The van der Waals surface area contributed by atoms with E-state index in [4.69, 9.17) is 4.74 Å². The van der Waals surface area contributed by atoms with E-state index in [1.165, 1.54) is 7.11 Å². The van der Waals surface area contributed by atoms with E-state index in [9.17, 15) is 9.59 Å². The Morgan fingerprint density at radius 2 is 2.08 bits per heavy atom. The largest absolute Gasteiger partial charge is 0.469 e. The number of nitrogens with zero attached hydrogens (tertiary/aromatic N) is 2. The molecule has 7 heteroatoms. The predicted molar refractivity (Wildman–Crippen MR) is 101 cm³/mol. The van der Waals surface area contributed by atoms with Gasteiger partial charge in [0.15, 0.2) is 5.96 Å². The number of guanidine groups is 1. The number of methoxy groups -OCH3 is 1. The van der Waals surface area contributed by atoms with E-state index in [-0.39, 0.29) is 23.7 Å². The zero-order valence-corrected chi connectivity index (χ0v) is 15.9. The first kappa shape index (κ1) is 19.8. The first-order valence-electron chi connectivity index (χ1n) is 8.90. The van der Waals surface area contributed by atoms with E-state index in [2.05, 4.69) is 20.5 Å². The first-order valence-corrected chi connectivity index (χ1v) is 8.90. The number of amides is 1. The number of ether oxygens (including phenoxy) is 1. The molecule has 2 N–H and O–H groups in total. The van der Waals surface area contributed by atoms with Crippen LogP contribution in [0.2, 0.25) is 0 Å². The molecule has 0 bridgehead atoms. The number of nitrogens with one attached hydrogen (secondary N) is 2. The zero-order chi connectivity index (χ0) is 19.1. The van der Waals surface area contributed by atoms with Crippen molar-refractivity contribution in [3.8, 4) is 0 Å². The molecule has 1 aromatic rings. The van der Waals surface area contributed by atoms with Crippen molar-refractivity contribution in [2.75, 3.05) is 33.8 Å². The SMILES string of the molecule is CCNC(=O)c1cccc(CNC(=NC)N2CC(C)C(C(=O)OC)C2)c1. The van der Waals surface area contributed by atoms with Crippen molar-refractivity contribution in [2.45, 2.75) is 20.4 Å². The molecular formula is C19H28N4O3. The van der Waals surface area contributed by atoms with Crippen LogP contribution in [0.3, 0.4) is 0 Å². The highest BCUT2D eigenvalue weighted by molar-refractivity contribution is 5.94. The fourth-order valence-corrected chi connectivity index (χ4v) is 3.20. The second kappa shape index (κ2) is 9.22. The van der Waals surface area contributed by atoms with Crippen LogP contribution in [-0.2, 0) is 16.1 Å². The molecule has 26 heavy (non-hydrogen) atoms. The second-order valence-corrected chi connectivity index (χ2v) is 6.47. The van der Waals surface area contributed by atoms with Gasteiger partial charge in [0.1, 0.15) is 0 Å². The molecule has 0 aliphatic carbocycles. The molecule has 1 amide bonds. The Hall–Kier alpha value is -2.57. The minimum atomic E-state index is -0.176. The molecule has 1 fully saturated rings. The van der Waals surface area contributed by atoms with Gasteiger partial charge < -0.3 is 20.3 Å². The maximum atomic E-state index is 12.0. The molecule has 1 aliphatic heterocycles. The number of carbonyl (C=O) groups is 2. The molecule has 2 rings (SSSR count). The molecule has 2 atom stereocenters. The van der Waals surface area contributed by atoms with Crippen molar-refractivity contribution in [2.24, 2.45) is 16.8 Å². The Balaban J connectivity index is 1.99. The standard InChI is InChI=1S/C19H28N4O3/c1-5-21-17(24)15-8-6-7-14(9-15)10-22-19(20-3)23-11-13(2)16(12-23)18(25)26-4/h6-9,13,16H,5,10-12H2,1-4H3,(H,20,22)(H,21,24). The monoisotopic (exact) mass is 360 g/mol. The highest BCUT2D eigenvalue weighted by Crippen LogP contribution is 2.24. The van der Waals surface area contributed by atoms with E-state index in [1.807, 2.05) is 32.0 Å². The van der Waals surface area contributed by atoms with Crippen LogP contribution >= 0.6 is 0 Å². The van der Waals surface area contributed by atoms with Gasteiger partial charge in [-0.25, -0.2) is 0 Å². The summed E-state index contributed by atoms with van der Waals surface area (Å²) >= 11 is 0. The van der Waals surface area contributed by atoms with Gasteiger partial charge in [-0.2, -0.15) is 0 Å². The van der Waals surface area contributed by atoms with Crippen LogP contribution < -0.4 is 10.6 Å². The van der Waals surface area contributed by atoms with E-state index in [0.29, 0.717) is 25.2 Å². The quantitative estimate of drug-likeness (QED) is 0.469. The van der Waals surface area contributed by atoms with Crippen LogP contribution in [0.4, 0.5) is 0 Å². The van der Waals surface area contributed by atoms with Crippen LogP contribution in [-0.4, -0.2) is 56.5 Å². The summed E-state index contributed by atoms with van der Waals surface area (Å²) < 4.78 is 4.89. The molecule has 0 spiro atoms. The fraction of sp³-hybridized carbons (Fsp3) is 0.526. The number of benzene rings is 1. The maximum absolute atomic E-state index is 12.0. The van der Waals surface area contributed by atoms with Crippen molar-refractivity contribution < 1.29 is 14.3 Å². The van der Waals surface area contributed by atoms with Crippen LogP contribution in [0.15, 0.2) is 29.3 Å². The van der Waals surface area contributed by atoms with Crippen molar-refractivity contribution in [3.05, 3.63) is 35.4 Å². The third-order valence-electron chi connectivity index (χ3n) is 4.60. The van der Waals surface area contributed by atoms with Crippen molar-refractivity contribution in [1.29, 1.82) is 0 Å². The summed E-state index contributed by atoms with van der Waals surface area (Å²) in [5.74, 6) is 0.562. The van der Waals surface area contributed by atoms with Gasteiger partial charge >= 0.3 is 5.97 Å².